The Morgan fingerprint density at radius 3 is 2.47 bits per heavy atom. The fraction of sp³-hybridized carbons (Fsp3) is 0.259. The number of benzene rings is 2. The van der Waals surface area contributed by atoms with Crippen molar-refractivity contribution in [3.63, 3.8) is 0 Å². The van der Waals surface area contributed by atoms with Crippen molar-refractivity contribution >= 4 is 35.0 Å². The number of carbonyl (C=O) groups is 2. The molecule has 0 radical (unpaired) electrons. The molecule has 2 fully saturated rings. The van der Waals surface area contributed by atoms with Crippen LogP contribution in [0, 0.1) is 10.1 Å². The Kier molecular flexibility index (Phi) is 6.28. The van der Waals surface area contributed by atoms with Crippen LogP contribution < -0.4 is 15.3 Å². The van der Waals surface area contributed by atoms with E-state index in [9.17, 15) is 19.7 Å². The Bertz CT molecular complexity index is 1350. The van der Waals surface area contributed by atoms with Gasteiger partial charge in [0.15, 0.2) is 0 Å². The topological polar surface area (TPSA) is 109 Å². The molecule has 0 unspecified atom stereocenters. The number of amides is 2. The molecule has 0 atom stereocenters. The maximum Gasteiger partial charge on any atom is 0.293 e. The first-order chi connectivity index (χ1) is 17.4. The average molecular weight is 487 g/mol. The molecule has 36 heavy (non-hydrogen) atoms. The fourth-order valence-corrected chi connectivity index (χ4v) is 4.57. The van der Waals surface area contributed by atoms with Gasteiger partial charge in [-0.3, -0.25) is 25.1 Å². The first kappa shape index (κ1) is 23.3. The number of nitrogens with one attached hydrogen (secondary N) is 1. The number of hydrogen-bond acceptors (Lipinski definition) is 6. The van der Waals surface area contributed by atoms with Crippen molar-refractivity contribution in [1.82, 2.24) is 5.43 Å². The third-order valence-electron chi connectivity index (χ3n) is 6.56. The SMILES string of the molecule is CCc1ccc(N2NC(=O)/C(=C/c3ccc(-c4ccc(N5CCCCC5)c([N+](=O)[O-])c4)o3)C2=O)cc1. The van der Waals surface area contributed by atoms with Crippen LogP contribution >= 0.6 is 0 Å². The number of nitro groups is 1. The third-order valence-corrected chi connectivity index (χ3v) is 6.56. The van der Waals surface area contributed by atoms with Gasteiger partial charge >= 0.3 is 0 Å². The second-order valence-electron chi connectivity index (χ2n) is 8.87. The van der Waals surface area contributed by atoms with Crippen molar-refractivity contribution < 1.29 is 18.9 Å². The van der Waals surface area contributed by atoms with Crippen molar-refractivity contribution in [1.29, 1.82) is 0 Å². The highest BCUT2D eigenvalue weighted by Crippen LogP contribution is 2.35. The van der Waals surface area contributed by atoms with Crippen molar-refractivity contribution in [3.05, 3.63) is 81.6 Å². The molecule has 1 aromatic heterocycles. The van der Waals surface area contributed by atoms with E-state index in [1.165, 1.54) is 17.2 Å². The lowest BCUT2D eigenvalue weighted by Gasteiger charge is -2.28. The molecule has 2 aromatic carbocycles. The summed E-state index contributed by atoms with van der Waals surface area (Å²) in [5.74, 6) is -0.301. The number of hydrogen-bond donors (Lipinski definition) is 1. The second-order valence-corrected chi connectivity index (χ2v) is 8.87. The van der Waals surface area contributed by atoms with E-state index in [1.54, 1.807) is 36.4 Å². The second kappa shape index (κ2) is 9.69. The van der Waals surface area contributed by atoms with Gasteiger partial charge in [0.25, 0.3) is 17.5 Å². The third kappa shape index (κ3) is 4.47. The summed E-state index contributed by atoms with van der Waals surface area (Å²) in [5, 5.41) is 13.0. The van der Waals surface area contributed by atoms with E-state index >= 15 is 0 Å². The number of rotatable bonds is 6. The zero-order chi connectivity index (χ0) is 25.2. The van der Waals surface area contributed by atoms with Gasteiger partial charge in [-0.15, -0.1) is 0 Å². The summed E-state index contributed by atoms with van der Waals surface area (Å²) in [6, 6.07) is 15.7. The van der Waals surface area contributed by atoms with Crippen molar-refractivity contribution in [2.45, 2.75) is 32.6 Å². The van der Waals surface area contributed by atoms with E-state index in [0.717, 1.165) is 44.3 Å². The monoisotopic (exact) mass is 486 g/mol. The van der Waals surface area contributed by atoms with Crippen LogP contribution in [0.3, 0.4) is 0 Å². The molecular weight excluding hydrogens is 460 g/mol. The van der Waals surface area contributed by atoms with Crippen LogP contribution in [-0.2, 0) is 16.0 Å². The Balaban J connectivity index is 1.39. The maximum absolute atomic E-state index is 12.9. The molecule has 0 bridgehead atoms. The standard InChI is InChI=1S/C27H26N4O5/c1-2-18-6-9-20(10-7-18)30-27(33)22(26(32)28-30)17-21-11-13-25(36-21)19-8-12-23(24(16-19)31(34)35)29-14-4-3-5-15-29/h6-13,16-17H,2-5,14-15H2,1H3,(H,28,32)/b22-17-. The van der Waals surface area contributed by atoms with Gasteiger partial charge in [-0.25, -0.2) is 5.01 Å². The van der Waals surface area contributed by atoms with Crippen LogP contribution in [0.5, 0.6) is 0 Å². The average Bonchev–Trinajstić information content (AvgIpc) is 3.49. The summed E-state index contributed by atoms with van der Waals surface area (Å²) in [7, 11) is 0. The molecule has 0 spiro atoms. The Morgan fingerprint density at radius 1 is 1.03 bits per heavy atom. The lowest BCUT2D eigenvalue weighted by molar-refractivity contribution is -0.384. The van der Waals surface area contributed by atoms with E-state index in [1.807, 2.05) is 19.1 Å². The smallest absolute Gasteiger partial charge is 0.293 e. The van der Waals surface area contributed by atoms with Gasteiger partial charge in [-0.2, -0.15) is 0 Å². The van der Waals surface area contributed by atoms with Gasteiger partial charge in [0.05, 0.1) is 10.6 Å². The highest BCUT2D eigenvalue weighted by molar-refractivity contribution is 6.31. The number of nitro benzene ring substituents is 1. The van der Waals surface area contributed by atoms with E-state index in [-0.39, 0.29) is 16.2 Å². The van der Waals surface area contributed by atoms with Gasteiger partial charge in [0, 0.05) is 24.7 Å². The maximum atomic E-state index is 12.9. The lowest BCUT2D eigenvalue weighted by atomic mass is 10.1. The molecule has 2 aliphatic rings. The van der Waals surface area contributed by atoms with Crippen LogP contribution in [0.15, 0.2) is 64.6 Å². The Morgan fingerprint density at radius 2 is 1.78 bits per heavy atom. The van der Waals surface area contributed by atoms with E-state index in [0.29, 0.717) is 28.5 Å². The first-order valence-electron chi connectivity index (χ1n) is 12.0. The number of piperidine rings is 1. The lowest BCUT2D eigenvalue weighted by Crippen LogP contribution is -2.35. The number of furan rings is 1. The fourth-order valence-electron chi connectivity index (χ4n) is 4.57. The predicted octanol–water partition coefficient (Wildman–Crippen LogP) is 4.87. The summed E-state index contributed by atoms with van der Waals surface area (Å²) in [5.41, 5.74) is 5.40. The molecule has 2 amide bonds. The minimum absolute atomic E-state index is 0.0285. The summed E-state index contributed by atoms with van der Waals surface area (Å²) < 4.78 is 5.86. The highest BCUT2D eigenvalue weighted by atomic mass is 16.6. The van der Waals surface area contributed by atoms with Gasteiger partial charge in [0.1, 0.15) is 22.8 Å². The number of nitrogens with zero attached hydrogens (tertiary/aromatic N) is 3. The molecule has 9 heteroatoms. The first-order valence-corrected chi connectivity index (χ1v) is 12.0. The minimum atomic E-state index is -0.529. The number of hydrazine groups is 1. The largest absolute Gasteiger partial charge is 0.457 e. The quantitative estimate of drug-likeness (QED) is 0.230. The van der Waals surface area contributed by atoms with Gasteiger partial charge in [-0.1, -0.05) is 19.1 Å². The van der Waals surface area contributed by atoms with E-state index in [4.69, 9.17) is 4.42 Å². The molecule has 9 nitrogen and oxygen atoms in total. The van der Waals surface area contributed by atoms with Crippen LogP contribution in [0.25, 0.3) is 17.4 Å². The molecule has 5 rings (SSSR count). The summed E-state index contributed by atoms with van der Waals surface area (Å²) in [6.45, 7) is 3.64. The summed E-state index contributed by atoms with van der Waals surface area (Å²) >= 11 is 0. The molecule has 3 aromatic rings. The predicted molar refractivity (Wildman–Crippen MR) is 136 cm³/mol. The van der Waals surface area contributed by atoms with Crippen molar-refractivity contribution in [2.24, 2.45) is 0 Å². The van der Waals surface area contributed by atoms with Crippen LogP contribution in [0.2, 0.25) is 0 Å². The van der Waals surface area contributed by atoms with Gasteiger partial charge < -0.3 is 9.32 Å². The zero-order valence-electron chi connectivity index (χ0n) is 19.9. The summed E-state index contributed by atoms with van der Waals surface area (Å²) in [6.07, 6.45) is 5.43. The minimum Gasteiger partial charge on any atom is -0.457 e. The van der Waals surface area contributed by atoms with Crippen LogP contribution in [0.1, 0.15) is 37.5 Å². The van der Waals surface area contributed by atoms with Crippen LogP contribution in [-0.4, -0.2) is 29.8 Å². The van der Waals surface area contributed by atoms with E-state index in [2.05, 4.69) is 10.3 Å². The Hall–Kier alpha value is -4.40. The Labute approximate surface area is 208 Å². The molecular formula is C27H26N4O5. The molecule has 184 valence electrons. The molecule has 2 aliphatic heterocycles. The van der Waals surface area contributed by atoms with Crippen molar-refractivity contribution in [2.75, 3.05) is 23.0 Å². The van der Waals surface area contributed by atoms with Crippen molar-refractivity contribution in [3.8, 4) is 11.3 Å². The van der Waals surface area contributed by atoms with Gasteiger partial charge in [-0.05, 0) is 73.7 Å². The molecule has 1 N–H and O–H groups in total. The number of aryl methyl sites for hydroxylation is 1. The molecule has 2 saturated heterocycles. The van der Waals surface area contributed by atoms with Crippen LogP contribution in [0.4, 0.5) is 17.1 Å². The summed E-state index contributed by atoms with van der Waals surface area (Å²) in [4.78, 5) is 38.9. The van der Waals surface area contributed by atoms with Gasteiger partial charge in [0.2, 0.25) is 0 Å². The number of anilines is 2. The molecule has 0 saturated carbocycles. The molecule has 0 aliphatic carbocycles. The number of carbonyl (C=O) groups excluding carboxylic acids is 2. The highest BCUT2D eigenvalue weighted by Gasteiger charge is 2.34. The normalized spacial score (nSPS) is 17.1. The van der Waals surface area contributed by atoms with E-state index < -0.39 is 11.8 Å². The molecule has 3 heterocycles. The zero-order valence-corrected chi connectivity index (χ0v) is 19.9.